The third-order valence-electron chi connectivity index (χ3n) is 3.41. The number of aryl methyl sites for hydroxylation is 1. The van der Waals surface area contributed by atoms with Crippen molar-refractivity contribution in [3.63, 3.8) is 0 Å². The van der Waals surface area contributed by atoms with E-state index in [1.165, 1.54) is 6.92 Å². The van der Waals surface area contributed by atoms with Gasteiger partial charge < -0.3 is 10.2 Å². The van der Waals surface area contributed by atoms with Crippen LogP contribution in [0.3, 0.4) is 0 Å². The van der Waals surface area contributed by atoms with Crippen LogP contribution in [-0.4, -0.2) is 33.2 Å². The quantitative estimate of drug-likeness (QED) is 0.889. The first-order chi connectivity index (χ1) is 11.0. The van der Waals surface area contributed by atoms with Gasteiger partial charge in [-0.05, 0) is 18.6 Å². The first-order valence-electron chi connectivity index (χ1n) is 7.40. The Labute approximate surface area is 135 Å². The van der Waals surface area contributed by atoms with Gasteiger partial charge in [0, 0.05) is 45.0 Å². The van der Waals surface area contributed by atoms with E-state index >= 15 is 0 Å². The van der Waals surface area contributed by atoms with Gasteiger partial charge >= 0.3 is 6.03 Å². The number of carbonyl (C=O) groups excluding carboxylic acids is 2. The molecule has 0 fully saturated rings. The maximum Gasteiger partial charge on any atom is 0.324 e. The van der Waals surface area contributed by atoms with Gasteiger partial charge in [0.05, 0.1) is 0 Å². The minimum absolute atomic E-state index is 0.000222. The summed E-state index contributed by atoms with van der Waals surface area (Å²) in [4.78, 5) is 25.4. The highest BCUT2D eigenvalue weighted by molar-refractivity contribution is 5.99. The molecule has 2 rings (SSSR count). The fraction of sp³-hybridized carbons (Fsp3) is 0.312. The number of para-hydroxylation sites is 1. The molecule has 2 N–H and O–H groups in total. The van der Waals surface area contributed by atoms with Crippen molar-refractivity contribution in [3.05, 3.63) is 42.1 Å². The molecule has 1 heterocycles. The number of aromatic nitrogens is 2. The average Bonchev–Trinajstić information content (AvgIpc) is 2.90. The third-order valence-corrected chi connectivity index (χ3v) is 3.41. The van der Waals surface area contributed by atoms with Gasteiger partial charge in [0.15, 0.2) is 5.82 Å². The predicted octanol–water partition coefficient (Wildman–Crippen LogP) is 2.43. The van der Waals surface area contributed by atoms with Gasteiger partial charge in [-0.3, -0.25) is 14.8 Å². The van der Waals surface area contributed by atoms with Crippen LogP contribution in [0.15, 0.2) is 36.5 Å². The van der Waals surface area contributed by atoms with Crippen molar-refractivity contribution in [2.45, 2.75) is 20.4 Å². The van der Waals surface area contributed by atoms with E-state index in [-0.39, 0.29) is 11.9 Å². The Morgan fingerprint density at radius 3 is 2.57 bits per heavy atom. The lowest BCUT2D eigenvalue weighted by molar-refractivity contribution is -0.129. The molecule has 0 radical (unpaired) electrons. The van der Waals surface area contributed by atoms with Crippen molar-refractivity contribution >= 4 is 23.4 Å². The van der Waals surface area contributed by atoms with Crippen molar-refractivity contribution in [2.24, 2.45) is 7.05 Å². The van der Waals surface area contributed by atoms with Crippen LogP contribution in [0.1, 0.15) is 19.4 Å². The number of urea groups is 1. The van der Waals surface area contributed by atoms with Gasteiger partial charge in [-0.25, -0.2) is 4.79 Å². The van der Waals surface area contributed by atoms with Crippen LogP contribution in [0, 0.1) is 0 Å². The van der Waals surface area contributed by atoms with Crippen LogP contribution in [0.4, 0.5) is 16.3 Å². The van der Waals surface area contributed by atoms with Crippen LogP contribution in [0.25, 0.3) is 0 Å². The number of benzene rings is 1. The molecule has 0 aliphatic carbocycles. The topological polar surface area (TPSA) is 79.3 Å². The highest BCUT2D eigenvalue weighted by Crippen LogP contribution is 2.17. The molecule has 0 bridgehead atoms. The second-order valence-electron chi connectivity index (χ2n) is 5.14. The third kappa shape index (κ3) is 4.57. The molecule has 23 heavy (non-hydrogen) atoms. The summed E-state index contributed by atoms with van der Waals surface area (Å²) < 4.78 is 1.61. The van der Waals surface area contributed by atoms with E-state index in [1.807, 2.05) is 25.1 Å². The summed E-state index contributed by atoms with van der Waals surface area (Å²) in [5.74, 6) is 0.474. The van der Waals surface area contributed by atoms with E-state index in [0.717, 1.165) is 5.56 Å². The molecule has 0 unspecified atom stereocenters. The smallest absolute Gasteiger partial charge is 0.324 e. The van der Waals surface area contributed by atoms with Crippen LogP contribution >= 0.6 is 0 Å². The number of carbonyl (C=O) groups is 2. The molecule has 0 atom stereocenters. The second kappa shape index (κ2) is 7.44. The summed E-state index contributed by atoms with van der Waals surface area (Å²) in [5.41, 5.74) is 1.54. The van der Waals surface area contributed by atoms with Gasteiger partial charge in [0.2, 0.25) is 5.91 Å². The maximum atomic E-state index is 12.1. The zero-order valence-electron chi connectivity index (χ0n) is 13.5. The first-order valence-corrected chi connectivity index (χ1v) is 7.40. The lowest BCUT2D eigenvalue weighted by Gasteiger charge is -2.21. The normalized spacial score (nSPS) is 10.2. The maximum absolute atomic E-state index is 12.1. The summed E-state index contributed by atoms with van der Waals surface area (Å²) in [5, 5.41) is 9.56. The summed E-state index contributed by atoms with van der Waals surface area (Å²) >= 11 is 0. The fourth-order valence-electron chi connectivity index (χ4n) is 2.18. The highest BCUT2D eigenvalue weighted by Gasteiger charge is 2.12. The molecule has 0 aliphatic rings. The van der Waals surface area contributed by atoms with Gasteiger partial charge in [-0.15, -0.1) is 0 Å². The predicted molar refractivity (Wildman–Crippen MR) is 89.1 cm³/mol. The van der Waals surface area contributed by atoms with E-state index in [1.54, 1.807) is 35.0 Å². The highest BCUT2D eigenvalue weighted by atomic mass is 16.2. The lowest BCUT2D eigenvalue weighted by atomic mass is 10.1. The SMILES string of the molecule is CCN(Cc1ccccc1NC(=O)Nc1ccn(C)n1)C(C)=O. The Kier molecular flexibility index (Phi) is 5.35. The molecule has 2 aromatic rings. The summed E-state index contributed by atoms with van der Waals surface area (Å²) in [6.07, 6.45) is 1.75. The zero-order valence-corrected chi connectivity index (χ0v) is 13.5. The minimum atomic E-state index is -0.373. The molecule has 0 aliphatic heterocycles. The van der Waals surface area contributed by atoms with Gasteiger partial charge in [-0.2, -0.15) is 5.10 Å². The van der Waals surface area contributed by atoms with Crippen molar-refractivity contribution in [2.75, 3.05) is 17.2 Å². The number of hydrogen-bond donors (Lipinski definition) is 2. The van der Waals surface area contributed by atoms with Crippen LogP contribution in [-0.2, 0) is 18.4 Å². The van der Waals surface area contributed by atoms with E-state index in [2.05, 4.69) is 15.7 Å². The number of amides is 3. The van der Waals surface area contributed by atoms with Gasteiger partial charge in [0.1, 0.15) is 0 Å². The van der Waals surface area contributed by atoms with E-state index in [0.29, 0.717) is 24.6 Å². The first kappa shape index (κ1) is 16.5. The Balaban J connectivity index is 2.07. The summed E-state index contributed by atoms with van der Waals surface area (Å²) in [6.45, 7) is 4.52. The van der Waals surface area contributed by atoms with Gasteiger partial charge in [0.25, 0.3) is 0 Å². The molecule has 122 valence electrons. The van der Waals surface area contributed by atoms with Gasteiger partial charge in [-0.1, -0.05) is 18.2 Å². The molecular weight excluding hydrogens is 294 g/mol. The Morgan fingerprint density at radius 2 is 1.96 bits per heavy atom. The number of nitrogens with zero attached hydrogens (tertiary/aromatic N) is 3. The van der Waals surface area contributed by atoms with Crippen molar-refractivity contribution in [3.8, 4) is 0 Å². The molecule has 1 aromatic heterocycles. The molecule has 0 saturated heterocycles. The molecular formula is C16H21N5O2. The van der Waals surface area contributed by atoms with Crippen molar-refractivity contribution in [1.29, 1.82) is 0 Å². The number of hydrogen-bond acceptors (Lipinski definition) is 3. The standard InChI is InChI=1S/C16H21N5O2/c1-4-21(12(2)22)11-13-7-5-6-8-14(13)17-16(23)18-15-9-10-20(3)19-15/h5-10H,4,11H2,1-3H3,(H2,17,18,19,23). The molecule has 0 spiro atoms. The fourth-order valence-corrected chi connectivity index (χ4v) is 2.18. The van der Waals surface area contributed by atoms with E-state index < -0.39 is 0 Å². The summed E-state index contributed by atoms with van der Waals surface area (Å²) in [7, 11) is 1.78. The summed E-state index contributed by atoms with van der Waals surface area (Å²) in [6, 6.07) is 8.75. The average molecular weight is 315 g/mol. The Hall–Kier alpha value is -2.83. The van der Waals surface area contributed by atoms with Crippen LogP contribution < -0.4 is 10.6 Å². The molecule has 7 nitrogen and oxygen atoms in total. The largest absolute Gasteiger partial charge is 0.339 e. The number of nitrogens with one attached hydrogen (secondary N) is 2. The second-order valence-corrected chi connectivity index (χ2v) is 5.14. The van der Waals surface area contributed by atoms with Crippen molar-refractivity contribution in [1.82, 2.24) is 14.7 Å². The van der Waals surface area contributed by atoms with Crippen molar-refractivity contribution < 1.29 is 9.59 Å². The zero-order chi connectivity index (χ0) is 16.8. The van der Waals surface area contributed by atoms with Crippen LogP contribution in [0.2, 0.25) is 0 Å². The van der Waals surface area contributed by atoms with E-state index in [9.17, 15) is 9.59 Å². The molecule has 1 aromatic carbocycles. The minimum Gasteiger partial charge on any atom is -0.339 e. The number of rotatable bonds is 5. The monoisotopic (exact) mass is 315 g/mol. The lowest BCUT2D eigenvalue weighted by Crippen LogP contribution is -2.28. The molecule has 3 amide bonds. The Bertz CT molecular complexity index is 695. The Morgan fingerprint density at radius 1 is 1.22 bits per heavy atom. The molecule has 0 saturated carbocycles. The molecule has 7 heteroatoms. The van der Waals surface area contributed by atoms with Crippen LogP contribution in [0.5, 0.6) is 0 Å². The number of anilines is 2. The van der Waals surface area contributed by atoms with E-state index in [4.69, 9.17) is 0 Å².